The van der Waals surface area contributed by atoms with Crippen LogP contribution < -0.4 is 10.3 Å². The number of benzene rings is 2. The van der Waals surface area contributed by atoms with Crippen LogP contribution in [0, 0.1) is 17.7 Å². The topological polar surface area (TPSA) is 90.7 Å². The van der Waals surface area contributed by atoms with E-state index in [1.807, 2.05) is 30.3 Å². The van der Waals surface area contributed by atoms with Crippen molar-refractivity contribution in [3.63, 3.8) is 0 Å². The average Bonchev–Trinajstić information content (AvgIpc) is 2.86. The van der Waals surface area contributed by atoms with Crippen LogP contribution in [-0.2, 0) is 16.1 Å². The van der Waals surface area contributed by atoms with Crippen LogP contribution in [0.15, 0.2) is 59.4 Å². The fraction of sp³-hybridized carbons (Fsp3) is 0.370. The second-order valence-electron chi connectivity index (χ2n) is 8.97. The molecule has 0 amide bonds. The summed E-state index contributed by atoms with van der Waals surface area (Å²) in [5.74, 6) is -0.419. The Morgan fingerprint density at radius 2 is 1.77 bits per heavy atom. The van der Waals surface area contributed by atoms with Gasteiger partial charge in [0.15, 0.2) is 0 Å². The van der Waals surface area contributed by atoms with E-state index in [4.69, 9.17) is 19.7 Å². The van der Waals surface area contributed by atoms with Crippen molar-refractivity contribution in [2.45, 2.75) is 32.2 Å². The van der Waals surface area contributed by atoms with Gasteiger partial charge in [-0.3, -0.25) is 4.79 Å². The van der Waals surface area contributed by atoms with Gasteiger partial charge in [0.2, 0.25) is 0 Å². The Labute approximate surface area is 203 Å². The van der Waals surface area contributed by atoms with Gasteiger partial charge < -0.3 is 14.6 Å². The second-order valence-corrected chi connectivity index (χ2v) is 8.97. The molecule has 1 aliphatic carbocycles. The molecule has 3 aromatic rings. The highest BCUT2D eigenvalue weighted by atomic mass is 19.1. The summed E-state index contributed by atoms with van der Waals surface area (Å²) in [5, 5.41) is 13.5. The molecule has 0 bridgehead atoms. The Morgan fingerprint density at radius 1 is 1.06 bits per heavy atom. The summed E-state index contributed by atoms with van der Waals surface area (Å²) in [4.78, 5) is 23.7. The lowest BCUT2D eigenvalue weighted by molar-refractivity contribution is -0.142. The van der Waals surface area contributed by atoms with E-state index in [9.17, 15) is 14.0 Å². The van der Waals surface area contributed by atoms with E-state index >= 15 is 0 Å². The molecule has 1 heterocycles. The van der Waals surface area contributed by atoms with Crippen LogP contribution in [0.2, 0.25) is 0 Å². The van der Waals surface area contributed by atoms with E-state index in [-0.39, 0.29) is 12.2 Å². The van der Waals surface area contributed by atoms with E-state index in [1.54, 1.807) is 6.07 Å². The average molecular weight is 481 g/mol. The highest BCUT2D eigenvalue weighted by Crippen LogP contribution is 2.33. The highest BCUT2D eigenvalue weighted by Gasteiger charge is 2.23. The monoisotopic (exact) mass is 480 g/mol. The molecule has 35 heavy (non-hydrogen) atoms. The molecule has 0 radical (unpaired) electrons. The zero-order valence-corrected chi connectivity index (χ0v) is 19.7. The van der Waals surface area contributed by atoms with Gasteiger partial charge in [-0.15, -0.1) is 0 Å². The van der Waals surface area contributed by atoms with Crippen LogP contribution in [0.4, 0.5) is 4.39 Å². The number of methoxy groups -OCH3 is 1. The van der Waals surface area contributed by atoms with Crippen LogP contribution in [0.3, 0.4) is 0 Å². The molecular formula is C27H29FN2O5. The molecule has 1 N–H and O–H groups in total. The number of halogens is 1. The highest BCUT2D eigenvalue weighted by molar-refractivity contribution is 5.80. The molecule has 0 unspecified atom stereocenters. The van der Waals surface area contributed by atoms with Crippen LogP contribution >= 0.6 is 0 Å². The first kappa shape index (κ1) is 24.6. The largest absolute Gasteiger partial charge is 0.497 e. The van der Waals surface area contributed by atoms with Gasteiger partial charge in [-0.2, -0.15) is 5.10 Å². The standard InChI is InChI=1S/C27H29FN2O5/c1-34-23-12-21(11-22(28)13-23)24-14-25(31)30(29-27(24)20-5-3-2-4-6-20)15-18-7-9-19(10-8-18)16-35-17-26(32)33/h2-6,11-14,18-19H,7-10,15-17H2,1H3,(H,32,33)/t18-,19-. The van der Waals surface area contributed by atoms with Gasteiger partial charge in [0.05, 0.1) is 19.4 Å². The minimum atomic E-state index is -0.960. The maximum Gasteiger partial charge on any atom is 0.329 e. The number of carboxylic acid groups (broad SMARTS) is 1. The van der Waals surface area contributed by atoms with Gasteiger partial charge in [0, 0.05) is 29.8 Å². The van der Waals surface area contributed by atoms with Crippen molar-refractivity contribution in [2.24, 2.45) is 11.8 Å². The summed E-state index contributed by atoms with van der Waals surface area (Å²) in [6.45, 7) is 0.667. The maximum absolute atomic E-state index is 14.3. The van der Waals surface area contributed by atoms with E-state index in [0.29, 0.717) is 47.6 Å². The molecule has 1 aromatic heterocycles. The Hall–Kier alpha value is -3.52. The van der Waals surface area contributed by atoms with Crippen molar-refractivity contribution in [1.29, 1.82) is 0 Å². The molecule has 8 heteroatoms. The van der Waals surface area contributed by atoms with Crippen molar-refractivity contribution >= 4 is 5.97 Å². The van der Waals surface area contributed by atoms with Crippen molar-refractivity contribution in [1.82, 2.24) is 9.78 Å². The first-order chi connectivity index (χ1) is 16.9. The quantitative estimate of drug-likeness (QED) is 0.480. The molecule has 1 fully saturated rings. The van der Waals surface area contributed by atoms with Crippen LogP contribution in [-0.4, -0.2) is 41.2 Å². The number of ether oxygens (including phenoxy) is 2. The van der Waals surface area contributed by atoms with Crippen molar-refractivity contribution in [3.05, 3.63) is 70.8 Å². The zero-order valence-electron chi connectivity index (χ0n) is 19.7. The molecule has 1 saturated carbocycles. The molecule has 0 aliphatic heterocycles. The number of rotatable bonds is 9. The SMILES string of the molecule is COc1cc(F)cc(-c2cc(=O)n(C[C@H]3CC[C@H](COCC(=O)O)CC3)nc2-c2ccccc2)c1. The lowest BCUT2D eigenvalue weighted by Crippen LogP contribution is -2.29. The lowest BCUT2D eigenvalue weighted by Gasteiger charge is -2.28. The Kier molecular flexibility index (Phi) is 7.92. The molecule has 4 rings (SSSR count). The van der Waals surface area contributed by atoms with E-state index < -0.39 is 11.8 Å². The number of carbonyl (C=O) groups is 1. The van der Waals surface area contributed by atoms with E-state index in [1.165, 1.54) is 30.0 Å². The van der Waals surface area contributed by atoms with Crippen molar-refractivity contribution in [3.8, 4) is 28.1 Å². The first-order valence-corrected chi connectivity index (χ1v) is 11.7. The van der Waals surface area contributed by atoms with Gasteiger partial charge in [-0.25, -0.2) is 13.9 Å². The lowest BCUT2D eigenvalue weighted by atomic mass is 9.82. The van der Waals surface area contributed by atoms with Crippen LogP contribution in [0.5, 0.6) is 5.75 Å². The second kappa shape index (κ2) is 11.3. The van der Waals surface area contributed by atoms with Crippen molar-refractivity contribution in [2.75, 3.05) is 20.3 Å². The number of aromatic nitrogens is 2. The van der Waals surface area contributed by atoms with Crippen LogP contribution in [0.25, 0.3) is 22.4 Å². The fourth-order valence-corrected chi connectivity index (χ4v) is 4.62. The predicted molar refractivity (Wildman–Crippen MR) is 130 cm³/mol. The molecule has 184 valence electrons. The summed E-state index contributed by atoms with van der Waals surface area (Å²) in [6.07, 6.45) is 3.68. The Bertz CT molecular complexity index is 1220. The molecule has 0 saturated heterocycles. The summed E-state index contributed by atoms with van der Waals surface area (Å²) >= 11 is 0. The number of hydrogen-bond donors (Lipinski definition) is 1. The predicted octanol–water partition coefficient (Wildman–Crippen LogP) is 4.63. The molecule has 7 nitrogen and oxygen atoms in total. The summed E-state index contributed by atoms with van der Waals surface area (Å²) in [6, 6.07) is 15.4. The third kappa shape index (κ3) is 6.33. The number of carboxylic acids is 1. The zero-order chi connectivity index (χ0) is 24.8. The van der Waals surface area contributed by atoms with E-state index in [0.717, 1.165) is 31.2 Å². The molecular weight excluding hydrogens is 451 g/mol. The Balaban J connectivity index is 1.58. The van der Waals surface area contributed by atoms with Gasteiger partial charge in [-0.1, -0.05) is 30.3 Å². The number of nitrogens with zero attached hydrogens (tertiary/aromatic N) is 2. The summed E-state index contributed by atoms with van der Waals surface area (Å²) in [5.41, 5.74) is 2.27. The fourth-order valence-electron chi connectivity index (χ4n) is 4.62. The van der Waals surface area contributed by atoms with Gasteiger partial charge in [-0.05, 0) is 55.2 Å². The first-order valence-electron chi connectivity index (χ1n) is 11.7. The van der Waals surface area contributed by atoms with Gasteiger partial charge >= 0.3 is 5.97 Å². The molecule has 2 aromatic carbocycles. The number of aliphatic carboxylic acids is 1. The summed E-state index contributed by atoms with van der Waals surface area (Å²) < 4.78 is 26.2. The Morgan fingerprint density at radius 3 is 2.46 bits per heavy atom. The molecule has 0 atom stereocenters. The smallest absolute Gasteiger partial charge is 0.329 e. The third-order valence-electron chi connectivity index (χ3n) is 6.44. The normalized spacial score (nSPS) is 17.8. The minimum absolute atomic E-state index is 0.241. The van der Waals surface area contributed by atoms with Gasteiger partial charge in [0.25, 0.3) is 5.56 Å². The molecule has 0 spiro atoms. The minimum Gasteiger partial charge on any atom is -0.497 e. The maximum atomic E-state index is 14.3. The van der Waals surface area contributed by atoms with E-state index in [2.05, 4.69) is 0 Å². The van der Waals surface area contributed by atoms with Gasteiger partial charge in [0.1, 0.15) is 18.2 Å². The van der Waals surface area contributed by atoms with Crippen LogP contribution in [0.1, 0.15) is 25.7 Å². The molecule has 1 aliphatic rings. The number of hydrogen-bond acceptors (Lipinski definition) is 5. The van der Waals surface area contributed by atoms with Crippen molar-refractivity contribution < 1.29 is 23.8 Å². The summed E-state index contributed by atoms with van der Waals surface area (Å²) in [7, 11) is 1.47. The third-order valence-corrected chi connectivity index (χ3v) is 6.44.